The molecule has 4 nitrogen and oxygen atoms in total. The Kier molecular flexibility index (Phi) is 5.86. The maximum absolute atomic E-state index is 12.7. The summed E-state index contributed by atoms with van der Waals surface area (Å²) in [6.07, 6.45) is -4.62. The number of alkyl halides is 4. The molecule has 0 saturated heterocycles. The molecule has 0 unspecified atom stereocenters. The predicted octanol–water partition coefficient (Wildman–Crippen LogP) is 2.99. The molecule has 1 aromatic carbocycles. The molecule has 0 aliphatic heterocycles. The molecule has 1 aromatic rings. The first kappa shape index (κ1) is 17.6. The zero-order valence-electron chi connectivity index (χ0n) is 10.8. The van der Waals surface area contributed by atoms with Gasteiger partial charge in [0.1, 0.15) is 5.88 Å². The van der Waals surface area contributed by atoms with E-state index in [4.69, 9.17) is 23.2 Å². The van der Waals surface area contributed by atoms with Crippen LogP contribution in [0.1, 0.15) is 5.56 Å². The minimum absolute atomic E-state index is 0.0663. The molecule has 0 radical (unpaired) electrons. The minimum Gasteiger partial charge on any atom is -0.335 e. The summed E-state index contributed by atoms with van der Waals surface area (Å²) in [4.78, 5) is 23.9. The third-order valence-corrected chi connectivity index (χ3v) is 3.03. The van der Waals surface area contributed by atoms with Crippen LogP contribution < -0.4 is 5.32 Å². The number of carbonyl (C=O) groups excluding carboxylic acids is 2. The molecule has 0 aliphatic carbocycles. The molecule has 0 saturated carbocycles. The Hall–Kier alpha value is -1.47. The van der Waals surface area contributed by atoms with E-state index in [0.29, 0.717) is 0 Å². The number of hydrogen-bond acceptors (Lipinski definition) is 2. The number of anilines is 1. The highest BCUT2D eigenvalue weighted by molar-refractivity contribution is 6.31. The monoisotopic (exact) mass is 342 g/mol. The largest absolute Gasteiger partial charge is 0.417 e. The molecule has 0 fully saturated rings. The summed E-state index contributed by atoms with van der Waals surface area (Å²) < 4.78 is 38.0. The van der Waals surface area contributed by atoms with Crippen molar-refractivity contribution in [3.8, 4) is 0 Å². The van der Waals surface area contributed by atoms with Gasteiger partial charge in [-0.25, -0.2) is 0 Å². The van der Waals surface area contributed by atoms with Crippen molar-refractivity contribution in [2.24, 2.45) is 0 Å². The van der Waals surface area contributed by atoms with Gasteiger partial charge in [-0.3, -0.25) is 9.59 Å². The predicted molar refractivity (Wildman–Crippen MR) is 73.4 cm³/mol. The fraction of sp³-hybridized carbons (Fsp3) is 0.333. The van der Waals surface area contributed by atoms with E-state index in [0.717, 1.165) is 17.0 Å². The number of benzene rings is 1. The highest BCUT2D eigenvalue weighted by Gasteiger charge is 2.33. The third kappa shape index (κ3) is 5.09. The second kappa shape index (κ2) is 7.00. The lowest BCUT2D eigenvalue weighted by atomic mass is 10.2. The second-order valence-electron chi connectivity index (χ2n) is 4.12. The Labute approximate surface area is 128 Å². The molecule has 2 amide bonds. The number of amides is 2. The molecule has 9 heteroatoms. The molecule has 0 aliphatic rings. The van der Waals surface area contributed by atoms with Gasteiger partial charge < -0.3 is 10.2 Å². The second-order valence-corrected chi connectivity index (χ2v) is 4.80. The molecule has 1 N–H and O–H groups in total. The first-order valence-corrected chi connectivity index (χ1v) is 6.53. The zero-order chi connectivity index (χ0) is 16.2. The first-order chi connectivity index (χ1) is 9.65. The van der Waals surface area contributed by atoms with Gasteiger partial charge in [-0.1, -0.05) is 11.6 Å². The van der Waals surface area contributed by atoms with Gasteiger partial charge in [0.15, 0.2) is 0 Å². The van der Waals surface area contributed by atoms with Crippen molar-refractivity contribution in [1.82, 2.24) is 4.90 Å². The summed E-state index contributed by atoms with van der Waals surface area (Å²) in [7, 11) is 1.35. The van der Waals surface area contributed by atoms with Crippen molar-refractivity contribution in [1.29, 1.82) is 0 Å². The maximum atomic E-state index is 12.7. The maximum Gasteiger partial charge on any atom is 0.417 e. The van der Waals surface area contributed by atoms with E-state index in [2.05, 4.69) is 5.32 Å². The van der Waals surface area contributed by atoms with Crippen molar-refractivity contribution in [2.75, 3.05) is 24.8 Å². The number of likely N-dealkylation sites (N-methyl/N-ethyl adjacent to an activating group) is 1. The van der Waals surface area contributed by atoms with E-state index in [1.54, 1.807) is 0 Å². The lowest BCUT2D eigenvalue weighted by Gasteiger charge is -2.16. The number of rotatable bonds is 4. The lowest BCUT2D eigenvalue weighted by Crippen LogP contribution is -2.35. The molecule has 0 aromatic heterocycles. The van der Waals surface area contributed by atoms with Gasteiger partial charge in [-0.15, -0.1) is 11.6 Å². The number of hydrogen-bond donors (Lipinski definition) is 1. The van der Waals surface area contributed by atoms with Crippen LogP contribution in [0.2, 0.25) is 5.02 Å². The Morgan fingerprint density at radius 3 is 2.48 bits per heavy atom. The van der Waals surface area contributed by atoms with Gasteiger partial charge in [0.05, 0.1) is 17.1 Å². The van der Waals surface area contributed by atoms with Crippen LogP contribution in [0, 0.1) is 0 Å². The number of halogens is 5. The van der Waals surface area contributed by atoms with Crippen LogP contribution >= 0.6 is 23.2 Å². The van der Waals surface area contributed by atoms with Crippen molar-refractivity contribution in [2.45, 2.75) is 6.18 Å². The van der Waals surface area contributed by atoms with E-state index in [1.165, 1.54) is 13.1 Å². The average Bonchev–Trinajstić information content (AvgIpc) is 2.38. The molecule has 0 heterocycles. The van der Waals surface area contributed by atoms with E-state index < -0.39 is 28.6 Å². The fourth-order valence-electron chi connectivity index (χ4n) is 1.43. The summed E-state index contributed by atoms with van der Waals surface area (Å²) in [6, 6.07) is 3.00. The van der Waals surface area contributed by atoms with Crippen molar-refractivity contribution < 1.29 is 22.8 Å². The van der Waals surface area contributed by atoms with Crippen LogP contribution in [-0.2, 0) is 15.8 Å². The van der Waals surface area contributed by atoms with Crippen LogP contribution in [0.5, 0.6) is 0 Å². The quantitative estimate of drug-likeness (QED) is 0.855. The van der Waals surface area contributed by atoms with Crippen molar-refractivity contribution in [3.63, 3.8) is 0 Å². The topological polar surface area (TPSA) is 49.4 Å². The van der Waals surface area contributed by atoms with Crippen molar-refractivity contribution >= 4 is 40.7 Å². The number of carbonyl (C=O) groups is 2. The Morgan fingerprint density at radius 2 is 1.95 bits per heavy atom. The lowest BCUT2D eigenvalue weighted by molar-refractivity contribution is -0.137. The molecular formula is C12H11Cl2F3N2O2. The Morgan fingerprint density at radius 1 is 1.33 bits per heavy atom. The molecule has 116 valence electrons. The molecule has 21 heavy (non-hydrogen) atoms. The number of nitrogens with one attached hydrogen (secondary N) is 1. The van der Waals surface area contributed by atoms with Gasteiger partial charge in [0, 0.05) is 12.7 Å². The molecule has 0 spiro atoms. The molecule has 0 atom stereocenters. The summed E-state index contributed by atoms with van der Waals surface area (Å²) >= 11 is 10.8. The third-order valence-electron chi connectivity index (χ3n) is 2.48. The Bertz CT molecular complexity index is 550. The van der Waals surface area contributed by atoms with Crippen LogP contribution in [-0.4, -0.2) is 36.2 Å². The summed E-state index contributed by atoms with van der Waals surface area (Å²) in [6.45, 7) is -0.324. The van der Waals surface area contributed by atoms with E-state index >= 15 is 0 Å². The summed E-state index contributed by atoms with van der Waals surface area (Å²) in [5.74, 6) is -1.41. The molecular weight excluding hydrogens is 332 g/mol. The van der Waals surface area contributed by atoms with Crippen molar-refractivity contribution in [3.05, 3.63) is 28.8 Å². The van der Waals surface area contributed by atoms with Gasteiger partial charge in [0.2, 0.25) is 11.8 Å². The van der Waals surface area contributed by atoms with Crippen LogP contribution in [0.25, 0.3) is 0 Å². The highest BCUT2D eigenvalue weighted by Crippen LogP contribution is 2.36. The van der Waals surface area contributed by atoms with Crippen LogP contribution in [0.3, 0.4) is 0 Å². The minimum atomic E-state index is -4.62. The van der Waals surface area contributed by atoms with E-state index in [1.807, 2.05) is 0 Å². The first-order valence-electron chi connectivity index (χ1n) is 5.61. The smallest absolute Gasteiger partial charge is 0.335 e. The standard InChI is InChI=1S/C12H11Cl2F3N2O2/c1-19(11(21)5-13)6-10(20)18-7-2-3-9(14)8(4-7)12(15,16)17/h2-4H,5-6H2,1H3,(H,18,20). The fourth-order valence-corrected chi connectivity index (χ4v) is 1.86. The molecule has 0 bridgehead atoms. The zero-order valence-corrected chi connectivity index (χ0v) is 12.3. The Balaban J connectivity index is 2.80. The highest BCUT2D eigenvalue weighted by atomic mass is 35.5. The summed E-state index contributed by atoms with van der Waals surface area (Å²) in [5, 5.41) is 1.79. The van der Waals surface area contributed by atoms with E-state index in [9.17, 15) is 22.8 Å². The SMILES string of the molecule is CN(CC(=O)Nc1ccc(Cl)c(C(F)(F)F)c1)C(=O)CCl. The van der Waals surface area contributed by atoms with Gasteiger partial charge in [-0.05, 0) is 18.2 Å². The molecule has 1 rings (SSSR count). The van der Waals surface area contributed by atoms with Gasteiger partial charge >= 0.3 is 6.18 Å². The van der Waals surface area contributed by atoms with Gasteiger partial charge in [-0.2, -0.15) is 13.2 Å². The summed E-state index contributed by atoms with van der Waals surface area (Å²) in [5.41, 5.74) is -1.12. The number of nitrogens with zero attached hydrogens (tertiary/aromatic N) is 1. The van der Waals surface area contributed by atoms with Gasteiger partial charge in [0.25, 0.3) is 0 Å². The average molecular weight is 343 g/mol. The van der Waals surface area contributed by atoms with Crippen LogP contribution in [0.15, 0.2) is 18.2 Å². The van der Waals surface area contributed by atoms with E-state index in [-0.39, 0.29) is 18.1 Å². The normalized spacial score (nSPS) is 11.1. The van der Waals surface area contributed by atoms with Crippen LogP contribution in [0.4, 0.5) is 18.9 Å².